The summed E-state index contributed by atoms with van der Waals surface area (Å²) in [6, 6.07) is 5.30. The fourth-order valence-electron chi connectivity index (χ4n) is 2.56. The van der Waals surface area contributed by atoms with Crippen LogP contribution in [0.4, 0.5) is 10.1 Å². The van der Waals surface area contributed by atoms with Crippen LogP contribution < -0.4 is 10.2 Å². The maximum absolute atomic E-state index is 13.9. The summed E-state index contributed by atoms with van der Waals surface area (Å²) < 4.78 is 13.9. The summed E-state index contributed by atoms with van der Waals surface area (Å²) in [6.07, 6.45) is 3.08. The molecule has 4 heteroatoms. The first-order valence-corrected chi connectivity index (χ1v) is 6.49. The minimum Gasteiger partial charge on any atom is -0.308 e. The molecule has 1 unspecified atom stereocenters. The van der Waals surface area contributed by atoms with Gasteiger partial charge in [-0.05, 0) is 37.8 Å². The number of hydrogen-bond acceptors (Lipinski definition) is 2. The van der Waals surface area contributed by atoms with Crippen molar-refractivity contribution in [1.29, 1.82) is 0 Å². The molecule has 1 aliphatic carbocycles. The Hall–Kier alpha value is -1.42. The summed E-state index contributed by atoms with van der Waals surface area (Å²) in [7, 11) is 0. The highest BCUT2D eigenvalue weighted by Crippen LogP contribution is 2.29. The Labute approximate surface area is 106 Å². The van der Waals surface area contributed by atoms with Crippen molar-refractivity contribution >= 4 is 11.6 Å². The third kappa shape index (κ3) is 2.01. The molecule has 1 aliphatic heterocycles. The minimum absolute atomic E-state index is 0.00935. The van der Waals surface area contributed by atoms with Crippen LogP contribution in [0.15, 0.2) is 18.2 Å². The summed E-state index contributed by atoms with van der Waals surface area (Å²) in [4.78, 5) is 13.9. The Bertz CT molecular complexity index is 464. The molecule has 3 nitrogen and oxygen atoms in total. The largest absolute Gasteiger partial charge is 0.308 e. The van der Waals surface area contributed by atoms with Gasteiger partial charge >= 0.3 is 0 Å². The number of aryl methyl sites for hydroxylation is 1. The first kappa shape index (κ1) is 11.7. The fraction of sp³-hybridized carbons (Fsp3) is 0.500. The molecule has 2 aliphatic rings. The molecular weight excluding hydrogens is 231 g/mol. The van der Waals surface area contributed by atoms with Gasteiger partial charge in [0.25, 0.3) is 0 Å². The molecule has 96 valence electrons. The first-order valence-electron chi connectivity index (χ1n) is 6.49. The highest BCUT2D eigenvalue weighted by atomic mass is 19.1. The molecule has 1 amide bonds. The van der Waals surface area contributed by atoms with E-state index in [-0.39, 0.29) is 17.8 Å². The SMILES string of the molecule is Cc1cccc(F)c1N1CCC(NC2CC2)C1=O. The monoisotopic (exact) mass is 248 g/mol. The number of amides is 1. The molecule has 0 spiro atoms. The fourth-order valence-corrected chi connectivity index (χ4v) is 2.56. The van der Waals surface area contributed by atoms with E-state index < -0.39 is 0 Å². The Balaban J connectivity index is 1.82. The Morgan fingerprint density at radius 1 is 1.33 bits per heavy atom. The molecule has 1 atom stereocenters. The zero-order valence-corrected chi connectivity index (χ0v) is 10.4. The number of para-hydroxylation sites is 1. The maximum atomic E-state index is 13.9. The predicted octanol–water partition coefficient (Wildman–Crippen LogP) is 1.99. The second-order valence-corrected chi connectivity index (χ2v) is 5.18. The van der Waals surface area contributed by atoms with Gasteiger partial charge in [0.2, 0.25) is 5.91 Å². The van der Waals surface area contributed by atoms with E-state index in [1.165, 1.54) is 6.07 Å². The molecule has 1 heterocycles. The van der Waals surface area contributed by atoms with Crippen molar-refractivity contribution in [2.24, 2.45) is 0 Å². The summed E-state index contributed by atoms with van der Waals surface area (Å²) >= 11 is 0. The molecule has 0 aromatic heterocycles. The van der Waals surface area contributed by atoms with Crippen LogP contribution >= 0.6 is 0 Å². The lowest BCUT2D eigenvalue weighted by Gasteiger charge is -2.20. The smallest absolute Gasteiger partial charge is 0.244 e. The number of anilines is 1. The zero-order valence-electron chi connectivity index (χ0n) is 10.4. The number of benzene rings is 1. The normalized spacial score (nSPS) is 23.8. The van der Waals surface area contributed by atoms with E-state index in [9.17, 15) is 9.18 Å². The van der Waals surface area contributed by atoms with Gasteiger partial charge in [-0.3, -0.25) is 4.79 Å². The second-order valence-electron chi connectivity index (χ2n) is 5.18. The van der Waals surface area contributed by atoms with Crippen molar-refractivity contribution in [3.8, 4) is 0 Å². The lowest BCUT2D eigenvalue weighted by atomic mass is 10.1. The lowest BCUT2D eigenvalue weighted by molar-refractivity contribution is -0.118. The topological polar surface area (TPSA) is 32.3 Å². The van der Waals surface area contributed by atoms with Crippen molar-refractivity contribution in [2.45, 2.75) is 38.3 Å². The summed E-state index contributed by atoms with van der Waals surface area (Å²) in [5, 5.41) is 3.33. The summed E-state index contributed by atoms with van der Waals surface area (Å²) in [5.74, 6) is -0.300. The molecule has 1 saturated carbocycles. The average Bonchev–Trinajstić information content (AvgIpc) is 3.07. The van der Waals surface area contributed by atoms with Crippen LogP contribution in [0.1, 0.15) is 24.8 Å². The van der Waals surface area contributed by atoms with E-state index in [0.29, 0.717) is 18.3 Å². The molecule has 1 N–H and O–H groups in total. The van der Waals surface area contributed by atoms with E-state index in [1.807, 2.05) is 13.0 Å². The Morgan fingerprint density at radius 3 is 2.78 bits per heavy atom. The van der Waals surface area contributed by atoms with Crippen molar-refractivity contribution in [3.63, 3.8) is 0 Å². The predicted molar refractivity (Wildman–Crippen MR) is 68.1 cm³/mol. The van der Waals surface area contributed by atoms with Crippen LogP contribution in [0.25, 0.3) is 0 Å². The van der Waals surface area contributed by atoms with Crippen molar-refractivity contribution < 1.29 is 9.18 Å². The number of carbonyl (C=O) groups excluding carboxylic acids is 1. The van der Waals surface area contributed by atoms with Crippen molar-refractivity contribution in [3.05, 3.63) is 29.6 Å². The number of nitrogens with one attached hydrogen (secondary N) is 1. The highest BCUT2D eigenvalue weighted by molar-refractivity contribution is 6.00. The molecule has 2 fully saturated rings. The molecule has 0 bridgehead atoms. The van der Waals surface area contributed by atoms with Crippen LogP contribution in [0.2, 0.25) is 0 Å². The highest BCUT2D eigenvalue weighted by Gasteiger charge is 2.37. The number of nitrogens with zero attached hydrogens (tertiary/aromatic N) is 1. The van der Waals surface area contributed by atoms with Crippen molar-refractivity contribution in [2.75, 3.05) is 11.4 Å². The molecular formula is C14H17FN2O. The van der Waals surface area contributed by atoms with Gasteiger partial charge < -0.3 is 10.2 Å². The van der Waals surface area contributed by atoms with Crippen LogP contribution in [0.5, 0.6) is 0 Å². The zero-order chi connectivity index (χ0) is 12.7. The maximum Gasteiger partial charge on any atom is 0.244 e. The third-order valence-electron chi connectivity index (χ3n) is 3.68. The number of hydrogen-bond donors (Lipinski definition) is 1. The van der Waals surface area contributed by atoms with Gasteiger partial charge in [0, 0.05) is 12.6 Å². The number of halogens is 1. The standard InChI is InChI=1S/C14H17FN2O/c1-9-3-2-4-11(15)13(9)17-8-7-12(14(17)18)16-10-5-6-10/h2-4,10,12,16H,5-8H2,1H3. The van der Waals surface area contributed by atoms with Crippen LogP contribution in [-0.4, -0.2) is 24.5 Å². The Morgan fingerprint density at radius 2 is 2.11 bits per heavy atom. The minimum atomic E-state index is -0.310. The van der Waals surface area contributed by atoms with Crippen molar-refractivity contribution in [1.82, 2.24) is 5.32 Å². The molecule has 1 saturated heterocycles. The number of rotatable bonds is 3. The quantitative estimate of drug-likeness (QED) is 0.887. The van der Waals surface area contributed by atoms with Gasteiger partial charge in [-0.2, -0.15) is 0 Å². The lowest BCUT2D eigenvalue weighted by Crippen LogP contribution is -2.39. The number of carbonyl (C=O) groups is 1. The van der Waals surface area contributed by atoms with E-state index in [4.69, 9.17) is 0 Å². The van der Waals surface area contributed by atoms with Crippen LogP contribution in [0, 0.1) is 12.7 Å². The molecule has 3 rings (SSSR count). The van der Waals surface area contributed by atoms with Gasteiger partial charge in [-0.15, -0.1) is 0 Å². The summed E-state index contributed by atoms with van der Waals surface area (Å²) in [6.45, 7) is 2.44. The van der Waals surface area contributed by atoms with Gasteiger partial charge in [0.15, 0.2) is 0 Å². The molecule has 0 radical (unpaired) electrons. The van der Waals surface area contributed by atoms with Gasteiger partial charge in [0.1, 0.15) is 5.82 Å². The van der Waals surface area contributed by atoms with E-state index in [2.05, 4.69) is 5.32 Å². The van der Waals surface area contributed by atoms with Gasteiger partial charge in [-0.25, -0.2) is 4.39 Å². The second kappa shape index (κ2) is 4.35. The van der Waals surface area contributed by atoms with Gasteiger partial charge in [-0.1, -0.05) is 12.1 Å². The van der Waals surface area contributed by atoms with Crippen LogP contribution in [0.3, 0.4) is 0 Å². The first-order chi connectivity index (χ1) is 8.66. The van der Waals surface area contributed by atoms with Crippen LogP contribution in [-0.2, 0) is 4.79 Å². The molecule has 18 heavy (non-hydrogen) atoms. The van der Waals surface area contributed by atoms with E-state index >= 15 is 0 Å². The average molecular weight is 248 g/mol. The third-order valence-corrected chi connectivity index (χ3v) is 3.68. The summed E-state index contributed by atoms with van der Waals surface area (Å²) in [5.41, 5.74) is 1.26. The Kier molecular flexibility index (Phi) is 2.82. The molecule has 1 aromatic carbocycles. The van der Waals surface area contributed by atoms with E-state index in [0.717, 1.165) is 24.8 Å². The molecule has 1 aromatic rings. The van der Waals surface area contributed by atoms with Gasteiger partial charge in [0.05, 0.1) is 11.7 Å². The van der Waals surface area contributed by atoms with E-state index in [1.54, 1.807) is 11.0 Å².